The summed E-state index contributed by atoms with van der Waals surface area (Å²) < 4.78 is 25.2. The number of aliphatic hydroxyl groups is 1. The van der Waals surface area contributed by atoms with Crippen molar-refractivity contribution >= 4 is 17.2 Å². The van der Waals surface area contributed by atoms with Gasteiger partial charge in [-0.3, -0.25) is 4.79 Å². The Balaban J connectivity index is 1.24. The van der Waals surface area contributed by atoms with Crippen molar-refractivity contribution in [3.05, 3.63) is 47.6 Å². The zero-order chi connectivity index (χ0) is 27.5. The minimum absolute atomic E-state index is 0.0174. The smallest absolute Gasteiger partial charge is 0.263 e. The molecule has 5 aliphatic rings. The molecule has 1 amide bonds. The number of halogens is 1. The van der Waals surface area contributed by atoms with E-state index in [1.807, 2.05) is 24.0 Å². The monoisotopic (exact) mass is 537 g/mol. The summed E-state index contributed by atoms with van der Waals surface area (Å²) in [6, 6.07) is 8.36. The van der Waals surface area contributed by atoms with E-state index in [1.54, 1.807) is 0 Å². The van der Waals surface area contributed by atoms with Gasteiger partial charge >= 0.3 is 0 Å². The molecule has 7 nitrogen and oxygen atoms in total. The quantitative estimate of drug-likeness (QED) is 0.476. The summed E-state index contributed by atoms with van der Waals surface area (Å²) in [5, 5.41) is 14.6. The lowest BCUT2D eigenvalue weighted by Gasteiger charge is -2.54. The van der Waals surface area contributed by atoms with Crippen LogP contribution in [0.1, 0.15) is 95.8 Å². The standard InChI is InChI=1S/C31H40FN3O4/c1-28(2,32)27-33-26(34-39-27)31-12-9-30(10-13-31,11-14-31)20-35(25(36)23-18-29(3,37)19-23)24-6-4-5-22(17-24)21-7-15-38-16-8-21/h4-7,17,23,37H,8-16,18-20H2,1-3H3/t23-,29+,30?,31?. The van der Waals surface area contributed by atoms with Crippen molar-refractivity contribution < 1.29 is 23.6 Å². The van der Waals surface area contributed by atoms with Crippen LogP contribution in [0.4, 0.5) is 10.1 Å². The van der Waals surface area contributed by atoms with Crippen LogP contribution in [0, 0.1) is 11.3 Å². The second-order valence-electron chi connectivity index (χ2n) is 13.3. The summed E-state index contributed by atoms with van der Waals surface area (Å²) in [7, 11) is 0. The number of fused-ring (bicyclic) bond motifs is 3. The van der Waals surface area contributed by atoms with E-state index < -0.39 is 11.3 Å². The third kappa shape index (κ3) is 5.06. The average Bonchev–Trinajstić information content (AvgIpc) is 3.44. The molecule has 0 saturated heterocycles. The van der Waals surface area contributed by atoms with E-state index in [0.29, 0.717) is 38.4 Å². The molecule has 4 aliphatic carbocycles. The first-order valence-corrected chi connectivity index (χ1v) is 14.4. The Morgan fingerprint density at radius 3 is 2.49 bits per heavy atom. The van der Waals surface area contributed by atoms with Gasteiger partial charge in [0.05, 0.1) is 18.8 Å². The molecule has 2 heterocycles. The maximum Gasteiger partial charge on any atom is 0.263 e. The molecule has 39 heavy (non-hydrogen) atoms. The third-order valence-corrected chi connectivity index (χ3v) is 9.78. The van der Waals surface area contributed by atoms with Crippen LogP contribution in [-0.2, 0) is 20.6 Å². The highest BCUT2D eigenvalue weighted by atomic mass is 19.1. The van der Waals surface area contributed by atoms with E-state index in [4.69, 9.17) is 9.26 Å². The van der Waals surface area contributed by atoms with Gasteiger partial charge in [0.2, 0.25) is 5.91 Å². The number of aromatic nitrogens is 2. The summed E-state index contributed by atoms with van der Waals surface area (Å²) in [5.74, 6) is 0.639. The van der Waals surface area contributed by atoms with Crippen LogP contribution < -0.4 is 4.90 Å². The van der Waals surface area contributed by atoms with E-state index in [-0.39, 0.29) is 28.5 Å². The van der Waals surface area contributed by atoms with Crippen molar-refractivity contribution in [2.45, 2.75) is 95.2 Å². The first-order valence-electron chi connectivity index (χ1n) is 14.4. The molecule has 8 heteroatoms. The number of alkyl halides is 1. The molecular formula is C31H40FN3O4. The van der Waals surface area contributed by atoms with Crippen molar-refractivity contribution in [2.75, 3.05) is 24.7 Å². The van der Waals surface area contributed by atoms with E-state index in [9.17, 15) is 14.3 Å². The van der Waals surface area contributed by atoms with Crippen LogP contribution in [0.15, 0.2) is 34.9 Å². The maximum atomic E-state index is 14.4. The molecular weight excluding hydrogens is 497 g/mol. The molecule has 4 saturated carbocycles. The van der Waals surface area contributed by atoms with Crippen molar-refractivity contribution in [3.63, 3.8) is 0 Å². The first kappa shape index (κ1) is 26.6. The van der Waals surface area contributed by atoms with Gasteiger partial charge in [0.15, 0.2) is 11.5 Å². The Hall–Kier alpha value is -2.58. The number of amides is 1. The molecule has 2 aromatic rings. The van der Waals surface area contributed by atoms with Crippen LogP contribution in [-0.4, -0.2) is 46.5 Å². The highest BCUT2D eigenvalue weighted by Gasteiger charge is 2.53. The number of hydrogen-bond acceptors (Lipinski definition) is 6. The molecule has 210 valence electrons. The first-order chi connectivity index (χ1) is 18.5. The van der Waals surface area contributed by atoms with Crippen LogP contribution in [0.25, 0.3) is 5.57 Å². The summed E-state index contributed by atoms with van der Waals surface area (Å²) in [4.78, 5) is 20.4. The second-order valence-corrected chi connectivity index (χ2v) is 13.3. The molecule has 7 rings (SSSR count). The maximum absolute atomic E-state index is 14.4. The van der Waals surface area contributed by atoms with Gasteiger partial charge in [-0.05, 0) is 107 Å². The lowest BCUT2D eigenvalue weighted by atomic mass is 9.53. The number of nitrogens with zero attached hydrogens (tertiary/aromatic N) is 3. The predicted molar refractivity (Wildman–Crippen MR) is 146 cm³/mol. The Kier molecular flexibility index (Phi) is 6.50. The van der Waals surface area contributed by atoms with Gasteiger partial charge in [-0.1, -0.05) is 23.4 Å². The van der Waals surface area contributed by atoms with E-state index in [0.717, 1.165) is 56.2 Å². The minimum Gasteiger partial charge on any atom is -0.390 e. The van der Waals surface area contributed by atoms with Gasteiger partial charge in [-0.25, -0.2) is 4.39 Å². The third-order valence-electron chi connectivity index (χ3n) is 9.78. The Morgan fingerprint density at radius 1 is 1.18 bits per heavy atom. The van der Waals surface area contributed by atoms with Crippen LogP contribution in [0.2, 0.25) is 0 Å². The topological polar surface area (TPSA) is 88.7 Å². The number of benzene rings is 1. The zero-order valence-electron chi connectivity index (χ0n) is 23.3. The fraction of sp³-hybridized carbons (Fsp3) is 0.645. The van der Waals surface area contributed by atoms with Gasteiger partial charge in [-0.15, -0.1) is 0 Å². The number of ether oxygens (including phenoxy) is 1. The van der Waals surface area contributed by atoms with Crippen molar-refractivity contribution in [2.24, 2.45) is 11.3 Å². The van der Waals surface area contributed by atoms with Gasteiger partial charge in [0.25, 0.3) is 5.89 Å². The number of hydrogen-bond donors (Lipinski definition) is 1. The molecule has 2 bridgehead atoms. The summed E-state index contributed by atoms with van der Waals surface area (Å²) in [6.07, 6.45) is 9.62. The predicted octanol–water partition coefficient (Wildman–Crippen LogP) is 5.86. The zero-order valence-corrected chi connectivity index (χ0v) is 23.3. The Labute approximate surface area is 229 Å². The number of carbonyl (C=O) groups excluding carboxylic acids is 1. The fourth-order valence-electron chi connectivity index (χ4n) is 7.21. The Morgan fingerprint density at radius 2 is 1.90 bits per heavy atom. The molecule has 4 fully saturated rings. The van der Waals surface area contributed by atoms with Gasteiger partial charge < -0.3 is 19.3 Å². The lowest BCUT2D eigenvalue weighted by molar-refractivity contribution is -0.137. The average molecular weight is 538 g/mol. The molecule has 1 aromatic carbocycles. The van der Waals surface area contributed by atoms with Gasteiger partial charge in [0.1, 0.15) is 0 Å². The van der Waals surface area contributed by atoms with E-state index in [2.05, 4.69) is 28.3 Å². The molecule has 0 unspecified atom stereocenters. The SMILES string of the molecule is CC(C)(F)c1nc(C23CCC(CN(c4cccc(C5=CCOCC5)c4)C(=O)[C@H]4C[C@@](C)(O)C4)(CC2)CC3)no1. The van der Waals surface area contributed by atoms with E-state index in [1.165, 1.54) is 19.4 Å². The summed E-state index contributed by atoms with van der Waals surface area (Å²) in [6.45, 7) is 6.69. The molecule has 0 spiro atoms. The number of carbonyl (C=O) groups is 1. The van der Waals surface area contributed by atoms with Crippen molar-refractivity contribution in [3.8, 4) is 0 Å². The van der Waals surface area contributed by atoms with Crippen LogP contribution in [0.3, 0.4) is 0 Å². The minimum atomic E-state index is -1.66. The highest BCUT2D eigenvalue weighted by Crippen LogP contribution is 2.58. The van der Waals surface area contributed by atoms with Gasteiger partial charge in [-0.2, -0.15) is 4.98 Å². The summed E-state index contributed by atoms with van der Waals surface area (Å²) >= 11 is 0. The van der Waals surface area contributed by atoms with Crippen LogP contribution in [0.5, 0.6) is 0 Å². The molecule has 1 aliphatic heterocycles. The number of rotatable bonds is 7. The molecule has 1 aromatic heterocycles. The molecule has 0 radical (unpaired) electrons. The molecule has 1 N–H and O–H groups in total. The second kappa shape index (κ2) is 9.51. The summed E-state index contributed by atoms with van der Waals surface area (Å²) in [5.41, 5.74) is 0.762. The largest absolute Gasteiger partial charge is 0.390 e. The van der Waals surface area contributed by atoms with E-state index >= 15 is 0 Å². The molecule has 0 atom stereocenters. The lowest BCUT2D eigenvalue weighted by Crippen LogP contribution is -2.54. The van der Waals surface area contributed by atoms with Crippen molar-refractivity contribution in [1.29, 1.82) is 0 Å². The fourth-order valence-corrected chi connectivity index (χ4v) is 7.21. The highest BCUT2D eigenvalue weighted by molar-refractivity contribution is 5.96. The Bertz CT molecular complexity index is 1240. The normalized spacial score (nSPS) is 32.4. The van der Waals surface area contributed by atoms with Crippen molar-refractivity contribution in [1.82, 2.24) is 10.1 Å². The number of anilines is 1. The van der Waals surface area contributed by atoms with Crippen LogP contribution >= 0.6 is 0 Å². The van der Waals surface area contributed by atoms with Gasteiger partial charge in [0, 0.05) is 23.6 Å².